The Labute approximate surface area is 124 Å². The molecule has 2 N–H and O–H groups in total. The predicted molar refractivity (Wildman–Crippen MR) is 82.5 cm³/mol. The van der Waals surface area contributed by atoms with Crippen LogP contribution in [0.25, 0.3) is 0 Å². The maximum absolute atomic E-state index is 10.0. The Morgan fingerprint density at radius 2 is 2.11 bits per heavy atom. The number of nitrogens with one attached hydrogen (secondary N) is 1. The highest BCUT2D eigenvalue weighted by Gasteiger charge is 2.20. The molecular formula is C15H24BrNO2. The summed E-state index contributed by atoms with van der Waals surface area (Å²) in [6.07, 6.45) is 0.664. The Morgan fingerprint density at radius 1 is 1.42 bits per heavy atom. The first-order valence-electron chi connectivity index (χ1n) is 6.71. The molecule has 19 heavy (non-hydrogen) atoms. The molecule has 0 aliphatic carbocycles. The fourth-order valence-corrected chi connectivity index (χ4v) is 2.02. The summed E-state index contributed by atoms with van der Waals surface area (Å²) in [6.45, 7) is 9.00. The van der Waals surface area contributed by atoms with Crippen LogP contribution < -0.4 is 10.1 Å². The van der Waals surface area contributed by atoms with Crippen molar-refractivity contribution in [2.45, 2.75) is 52.3 Å². The lowest BCUT2D eigenvalue weighted by molar-refractivity contribution is 0.00791. The summed E-state index contributed by atoms with van der Waals surface area (Å²) in [5.41, 5.74) is 0.299. The van der Waals surface area contributed by atoms with Crippen molar-refractivity contribution >= 4 is 15.9 Å². The van der Waals surface area contributed by atoms with Crippen molar-refractivity contribution < 1.29 is 9.84 Å². The van der Waals surface area contributed by atoms with Gasteiger partial charge in [-0.1, -0.05) is 32.9 Å². The number of aliphatic hydroxyl groups is 1. The topological polar surface area (TPSA) is 41.5 Å². The van der Waals surface area contributed by atoms with Gasteiger partial charge in [0, 0.05) is 18.2 Å². The average molecular weight is 330 g/mol. The largest absolute Gasteiger partial charge is 0.489 e. The van der Waals surface area contributed by atoms with Crippen LogP contribution in [0.3, 0.4) is 0 Å². The van der Waals surface area contributed by atoms with Gasteiger partial charge >= 0.3 is 0 Å². The van der Waals surface area contributed by atoms with Gasteiger partial charge in [0.05, 0.1) is 10.1 Å². The normalized spacial score (nSPS) is 14.5. The second-order valence-corrected chi connectivity index (χ2v) is 6.26. The molecule has 4 heteroatoms. The number of para-hydroxylation sites is 1. The van der Waals surface area contributed by atoms with E-state index in [1.165, 1.54) is 0 Å². The van der Waals surface area contributed by atoms with Crippen molar-refractivity contribution in [2.24, 2.45) is 0 Å². The quantitative estimate of drug-likeness (QED) is 0.804. The van der Waals surface area contributed by atoms with Crippen molar-refractivity contribution in [1.29, 1.82) is 0 Å². The molecule has 1 aromatic carbocycles. The van der Waals surface area contributed by atoms with Crippen molar-refractivity contribution in [1.82, 2.24) is 5.32 Å². The Kier molecular flexibility index (Phi) is 6.30. The van der Waals surface area contributed by atoms with Gasteiger partial charge in [-0.25, -0.2) is 0 Å². The molecule has 0 saturated heterocycles. The fourth-order valence-electron chi connectivity index (χ4n) is 1.50. The Bertz CT molecular complexity index is 405. The highest BCUT2D eigenvalue weighted by atomic mass is 79.9. The standard InChI is InChI=1S/C15H24BrNO2/c1-5-15(4,18)10-19-14-12(9-17-11(2)3)7-6-8-13(14)16/h6-8,11,17-18H,5,9-10H2,1-4H3. The van der Waals surface area contributed by atoms with Crippen LogP contribution in [-0.2, 0) is 6.54 Å². The third kappa shape index (κ3) is 5.51. The molecule has 1 rings (SSSR count). The molecule has 3 nitrogen and oxygen atoms in total. The summed E-state index contributed by atoms with van der Waals surface area (Å²) in [5, 5.41) is 13.4. The SMILES string of the molecule is CCC(C)(O)COc1c(Br)cccc1CNC(C)C. The van der Waals surface area contributed by atoms with Gasteiger partial charge in [-0.15, -0.1) is 0 Å². The summed E-state index contributed by atoms with van der Waals surface area (Å²) in [6, 6.07) is 6.41. The molecule has 0 saturated carbocycles. The van der Waals surface area contributed by atoms with E-state index in [4.69, 9.17) is 4.74 Å². The van der Waals surface area contributed by atoms with Gasteiger partial charge in [-0.3, -0.25) is 0 Å². The number of halogens is 1. The minimum atomic E-state index is -0.794. The van der Waals surface area contributed by atoms with Crippen LogP contribution in [0.2, 0.25) is 0 Å². The summed E-state index contributed by atoms with van der Waals surface area (Å²) in [7, 11) is 0. The molecule has 0 aromatic heterocycles. The molecule has 1 atom stereocenters. The van der Waals surface area contributed by atoms with E-state index < -0.39 is 5.60 Å². The molecule has 0 bridgehead atoms. The highest BCUT2D eigenvalue weighted by Crippen LogP contribution is 2.30. The van der Waals surface area contributed by atoms with Gasteiger partial charge in [0.15, 0.2) is 0 Å². The molecule has 1 aromatic rings. The lowest BCUT2D eigenvalue weighted by Crippen LogP contribution is -2.31. The lowest BCUT2D eigenvalue weighted by Gasteiger charge is -2.23. The average Bonchev–Trinajstić information content (AvgIpc) is 2.35. The molecule has 0 aliphatic rings. The second-order valence-electron chi connectivity index (χ2n) is 5.40. The molecule has 1 unspecified atom stereocenters. The molecule has 108 valence electrons. The smallest absolute Gasteiger partial charge is 0.138 e. The van der Waals surface area contributed by atoms with Gasteiger partial charge in [0.1, 0.15) is 12.4 Å². The van der Waals surface area contributed by atoms with Crippen LogP contribution in [0, 0.1) is 0 Å². The molecule has 0 heterocycles. The van der Waals surface area contributed by atoms with E-state index in [0.717, 1.165) is 22.3 Å². The number of hydrogen-bond donors (Lipinski definition) is 2. The van der Waals surface area contributed by atoms with E-state index in [9.17, 15) is 5.11 Å². The first kappa shape index (κ1) is 16.5. The van der Waals surface area contributed by atoms with Crippen LogP contribution in [0.1, 0.15) is 39.7 Å². The third-order valence-corrected chi connectivity index (χ3v) is 3.66. The van der Waals surface area contributed by atoms with E-state index in [1.807, 2.05) is 25.1 Å². The molecule has 0 fully saturated rings. The number of benzene rings is 1. The lowest BCUT2D eigenvalue weighted by atomic mass is 10.1. The minimum absolute atomic E-state index is 0.292. The molecular weight excluding hydrogens is 306 g/mol. The monoisotopic (exact) mass is 329 g/mol. The van der Waals surface area contributed by atoms with Crippen LogP contribution >= 0.6 is 15.9 Å². The van der Waals surface area contributed by atoms with E-state index >= 15 is 0 Å². The maximum Gasteiger partial charge on any atom is 0.138 e. The Balaban J connectivity index is 2.80. The zero-order chi connectivity index (χ0) is 14.5. The second kappa shape index (κ2) is 7.27. The first-order valence-corrected chi connectivity index (χ1v) is 7.51. The maximum atomic E-state index is 10.0. The zero-order valence-corrected chi connectivity index (χ0v) is 13.8. The van der Waals surface area contributed by atoms with E-state index in [0.29, 0.717) is 19.1 Å². The van der Waals surface area contributed by atoms with Crippen molar-refractivity contribution in [3.63, 3.8) is 0 Å². The number of rotatable bonds is 7. The predicted octanol–water partition coefficient (Wildman–Crippen LogP) is 3.49. The van der Waals surface area contributed by atoms with Gasteiger partial charge in [0.25, 0.3) is 0 Å². The van der Waals surface area contributed by atoms with Crippen molar-refractivity contribution in [3.05, 3.63) is 28.2 Å². The first-order chi connectivity index (χ1) is 8.85. The summed E-state index contributed by atoms with van der Waals surface area (Å²) >= 11 is 3.51. The third-order valence-electron chi connectivity index (χ3n) is 3.04. The zero-order valence-electron chi connectivity index (χ0n) is 12.2. The van der Waals surface area contributed by atoms with Crippen LogP contribution in [-0.4, -0.2) is 23.4 Å². The molecule has 0 radical (unpaired) electrons. The van der Waals surface area contributed by atoms with Gasteiger partial charge in [-0.2, -0.15) is 0 Å². The molecule has 0 spiro atoms. The Hall–Kier alpha value is -0.580. The fraction of sp³-hybridized carbons (Fsp3) is 0.600. The van der Waals surface area contributed by atoms with Gasteiger partial charge in [0.2, 0.25) is 0 Å². The van der Waals surface area contributed by atoms with Crippen LogP contribution in [0.4, 0.5) is 0 Å². The van der Waals surface area contributed by atoms with Crippen molar-refractivity contribution in [3.8, 4) is 5.75 Å². The van der Waals surface area contributed by atoms with E-state index in [1.54, 1.807) is 6.92 Å². The van der Waals surface area contributed by atoms with Gasteiger partial charge in [-0.05, 0) is 35.3 Å². The van der Waals surface area contributed by atoms with Gasteiger partial charge < -0.3 is 15.2 Å². The van der Waals surface area contributed by atoms with Crippen molar-refractivity contribution in [2.75, 3.05) is 6.61 Å². The van der Waals surface area contributed by atoms with E-state index in [2.05, 4.69) is 35.1 Å². The summed E-state index contributed by atoms with van der Waals surface area (Å²) in [5.74, 6) is 0.810. The van der Waals surface area contributed by atoms with Crippen LogP contribution in [0.15, 0.2) is 22.7 Å². The Morgan fingerprint density at radius 3 is 2.68 bits per heavy atom. The van der Waals surface area contributed by atoms with E-state index in [-0.39, 0.29) is 0 Å². The summed E-state index contributed by atoms with van der Waals surface area (Å²) < 4.78 is 6.74. The minimum Gasteiger partial charge on any atom is -0.489 e. The highest BCUT2D eigenvalue weighted by molar-refractivity contribution is 9.10. The number of hydrogen-bond acceptors (Lipinski definition) is 3. The van der Waals surface area contributed by atoms with Crippen LogP contribution in [0.5, 0.6) is 5.75 Å². The number of ether oxygens (including phenoxy) is 1. The molecule has 0 aliphatic heterocycles. The summed E-state index contributed by atoms with van der Waals surface area (Å²) in [4.78, 5) is 0. The molecule has 0 amide bonds.